The van der Waals surface area contributed by atoms with Crippen molar-refractivity contribution in [1.29, 1.82) is 0 Å². The van der Waals surface area contributed by atoms with Gasteiger partial charge in [-0.25, -0.2) is 0 Å². The van der Waals surface area contributed by atoms with Crippen molar-refractivity contribution in [3.63, 3.8) is 0 Å². The summed E-state index contributed by atoms with van der Waals surface area (Å²) >= 11 is 0. The molecule has 2 heterocycles. The molecule has 0 saturated carbocycles. The Kier molecular flexibility index (Phi) is 4.27. The van der Waals surface area contributed by atoms with Gasteiger partial charge in [0.15, 0.2) is 0 Å². The highest BCUT2D eigenvalue weighted by Crippen LogP contribution is 2.26. The van der Waals surface area contributed by atoms with E-state index in [0.29, 0.717) is 6.04 Å². The molecule has 4 heteroatoms. The highest BCUT2D eigenvalue weighted by molar-refractivity contribution is 5.50. The van der Waals surface area contributed by atoms with E-state index in [1.54, 1.807) is 0 Å². The smallest absolute Gasteiger partial charge is 0.0855 e. The van der Waals surface area contributed by atoms with Crippen molar-refractivity contribution in [3.8, 4) is 0 Å². The summed E-state index contributed by atoms with van der Waals surface area (Å²) in [6, 6.07) is 0.587. The van der Waals surface area contributed by atoms with Crippen molar-refractivity contribution in [2.24, 2.45) is 13.0 Å². The van der Waals surface area contributed by atoms with Gasteiger partial charge in [0.1, 0.15) is 0 Å². The van der Waals surface area contributed by atoms with Gasteiger partial charge in [-0.3, -0.25) is 4.68 Å². The lowest BCUT2D eigenvalue weighted by Crippen LogP contribution is -2.30. The Hall–Kier alpha value is -1.03. The zero-order valence-corrected chi connectivity index (χ0v) is 12.1. The maximum Gasteiger partial charge on any atom is 0.0855 e. The van der Waals surface area contributed by atoms with Gasteiger partial charge in [-0.2, -0.15) is 5.10 Å². The minimum atomic E-state index is 0.587. The summed E-state index contributed by atoms with van der Waals surface area (Å²) in [5.74, 6) is 0.775. The Morgan fingerprint density at radius 2 is 2.28 bits per heavy atom. The topological polar surface area (TPSA) is 33.1 Å². The molecule has 2 rings (SSSR count). The van der Waals surface area contributed by atoms with E-state index in [1.165, 1.54) is 30.9 Å². The van der Waals surface area contributed by atoms with Crippen LogP contribution in [-0.2, 0) is 13.5 Å². The van der Waals surface area contributed by atoms with Crippen LogP contribution in [0.3, 0.4) is 0 Å². The van der Waals surface area contributed by atoms with Gasteiger partial charge in [-0.1, -0.05) is 20.8 Å². The first-order valence-electron chi connectivity index (χ1n) is 7.11. The first-order chi connectivity index (χ1) is 8.60. The van der Waals surface area contributed by atoms with Gasteiger partial charge in [0.05, 0.1) is 11.4 Å². The normalized spacial score (nSPS) is 20.1. The molecular formula is C14H26N4. The van der Waals surface area contributed by atoms with Crippen LogP contribution in [0.25, 0.3) is 0 Å². The van der Waals surface area contributed by atoms with E-state index >= 15 is 0 Å². The first kappa shape index (κ1) is 13.4. The lowest BCUT2D eigenvalue weighted by molar-refractivity contribution is 0.480. The van der Waals surface area contributed by atoms with Gasteiger partial charge in [0, 0.05) is 32.4 Å². The zero-order valence-electron chi connectivity index (χ0n) is 12.1. The van der Waals surface area contributed by atoms with E-state index in [1.807, 2.05) is 11.7 Å². The van der Waals surface area contributed by atoms with E-state index in [0.717, 1.165) is 18.9 Å². The Labute approximate surface area is 110 Å². The van der Waals surface area contributed by atoms with Crippen molar-refractivity contribution in [3.05, 3.63) is 11.9 Å². The second-order valence-electron chi connectivity index (χ2n) is 5.65. The number of anilines is 1. The molecule has 1 N–H and O–H groups in total. The van der Waals surface area contributed by atoms with Crippen molar-refractivity contribution in [2.75, 3.05) is 24.5 Å². The molecule has 1 unspecified atom stereocenters. The fourth-order valence-electron chi connectivity index (χ4n) is 2.66. The molecule has 1 aliphatic rings. The first-order valence-corrected chi connectivity index (χ1v) is 7.11. The molecule has 1 atom stereocenters. The summed E-state index contributed by atoms with van der Waals surface area (Å²) in [6.45, 7) is 10.1. The molecule has 1 aromatic rings. The van der Waals surface area contributed by atoms with Gasteiger partial charge in [0.25, 0.3) is 0 Å². The van der Waals surface area contributed by atoms with Crippen molar-refractivity contribution < 1.29 is 0 Å². The van der Waals surface area contributed by atoms with Crippen LogP contribution in [0.15, 0.2) is 6.20 Å². The van der Waals surface area contributed by atoms with Crippen LogP contribution in [-0.4, -0.2) is 35.5 Å². The monoisotopic (exact) mass is 250 g/mol. The maximum atomic E-state index is 4.53. The quantitative estimate of drug-likeness (QED) is 0.865. The third-order valence-electron chi connectivity index (χ3n) is 3.66. The van der Waals surface area contributed by atoms with Crippen molar-refractivity contribution in [2.45, 2.75) is 39.7 Å². The molecule has 0 bridgehead atoms. The van der Waals surface area contributed by atoms with Crippen LogP contribution in [0.5, 0.6) is 0 Å². The molecule has 1 aromatic heterocycles. The van der Waals surface area contributed by atoms with E-state index in [2.05, 4.69) is 42.3 Å². The summed E-state index contributed by atoms with van der Waals surface area (Å²) in [5, 5.41) is 8.08. The van der Waals surface area contributed by atoms with Crippen LogP contribution in [0, 0.1) is 5.92 Å². The molecule has 0 spiro atoms. The molecule has 1 fully saturated rings. The van der Waals surface area contributed by atoms with Crippen molar-refractivity contribution in [1.82, 2.24) is 15.1 Å². The predicted molar refractivity (Wildman–Crippen MR) is 76.0 cm³/mol. The van der Waals surface area contributed by atoms with E-state index in [4.69, 9.17) is 0 Å². The minimum Gasteiger partial charge on any atom is -0.368 e. The van der Waals surface area contributed by atoms with Crippen LogP contribution in [0.4, 0.5) is 5.69 Å². The Morgan fingerprint density at radius 1 is 1.50 bits per heavy atom. The third kappa shape index (κ3) is 3.05. The van der Waals surface area contributed by atoms with Gasteiger partial charge >= 0.3 is 0 Å². The van der Waals surface area contributed by atoms with Gasteiger partial charge in [-0.05, 0) is 25.3 Å². The van der Waals surface area contributed by atoms with E-state index in [-0.39, 0.29) is 0 Å². The molecular weight excluding hydrogens is 224 g/mol. The Bertz CT molecular complexity index is 383. The SMILES string of the molecule is CCc1nn(C)cc1N1CCC(CNC(C)C)C1. The van der Waals surface area contributed by atoms with Crippen LogP contribution in [0.2, 0.25) is 0 Å². The number of nitrogens with one attached hydrogen (secondary N) is 1. The summed E-state index contributed by atoms with van der Waals surface area (Å²) in [6.07, 6.45) is 4.47. The van der Waals surface area contributed by atoms with Crippen LogP contribution in [0.1, 0.15) is 32.9 Å². The fraction of sp³-hybridized carbons (Fsp3) is 0.786. The maximum absolute atomic E-state index is 4.53. The molecule has 0 radical (unpaired) electrons. The highest BCUT2D eigenvalue weighted by atomic mass is 15.3. The summed E-state index contributed by atoms with van der Waals surface area (Å²) in [5.41, 5.74) is 2.57. The summed E-state index contributed by atoms with van der Waals surface area (Å²) in [4.78, 5) is 2.50. The van der Waals surface area contributed by atoms with Crippen molar-refractivity contribution >= 4 is 5.69 Å². The lowest BCUT2D eigenvalue weighted by atomic mass is 10.1. The minimum absolute atomic E-state index is 0.587. The second-order valence-corrected chi connectivity index (χ2v) is 5.65. The number of hydrogen-bond acceptors (Lipinski definition) is 3. The average Bonchev–Trinajstić information content (AvgIpc) is 2.92. The van der Waals surface area contributed by atoms with E-state index in [9.17, 15) is 0 Å². The molecule has 1 aliphatic heterocycles. The number of hydrogen-bond donors (Lipinski definition) is 1. The van der Waals surface area contributed by atoms with Gasteiger partial charge < -0.3 is 10.2 Å². The molecule has 0 aromatic carbocycles. The number of aryl methyl sites for hydroxylation is 2. The van der Waals surface area contributed by atoms with Gasteiger partial charge in [-0.15, -0.1) is 0 Å². The second kappa shape index (κ2) is 5.74. The lowest BCUT2D eigenvalue weighted by Gasteiger charge is -2.18. The molecule has 102 valence electrons. The largest absolute Gasteiger partial charge is 0.368 e. The highest BCUT2D eigenvalue weighted by Gasteiger charge is 2.25. The predicted octanol–water partition coefficient (Wildman–Crippen LogP) is 1.81. The molecule has 0 amide bonds. The number of rotatable bonds is 5. The third-order valence-corrected chi connectivity index (χ3v) is 3.66. The van der Waals surface area contributed by atoms with Gasteiger partial charge in [0.2, 0.25) is 0 Å². The Morgan fingerprint density at radius 3 is 2.94 bits per heavy atom. The Balaban J connectivity index is 1.95. The summed E-state index contributed by atoms with van der Waals surface area (Å²) in [7, 11) is 2.01. The number of nitrogens with zero attached hydrogens (tertiary/aromatic N) is 3. The molecule has 4 nitrogen and oxygen atoms in total. The molecule has 1 saturated heterocycles. The van der Waals surface area contributed by atoms with Crippen LogP contribution >= 0.6 is 0 Å². The zero-order chi connectivity index (χ0) is 13.1. The standard InChI is InChI=1S/C14H26N4/c1-5-13-14(10-17(4)16-13)18-7-6-12(9-18)8-15-11(2)3/h10-12,15H,5-9H2,1-4H3. The number of aromatic nitrogens is 2. The van der Waals surface area contributed by atoms with Crippen LogP contribution < -0.4 is 10.2 Å². The molecule has 0 aliphatic carbocycles. The molecule has 18 heavy (non-hydrogen) atoms. The fourth-order valence-corrected chi connectivity index (χ4v) is 2.66. The van der Waals surface area contributed by atoms with E-state index < -0.39 is 0 Å². The summed E-state index contributed by atoms with van der Waals surface area (Å²) < 4.78 is 1.94. The average molecular weight is 250 g/mol.